The number of halogens is 1. The van der Waals surface area contributed by atoms with Gasteiger partial charge in [-0.15, -0.1) is 0 Å². The molecule has 0 fully saturated rings. The zero-order valence-corrected chi connectivity index (χ0v) is 22.2. The Labute approximate surface area is 226 Å². The number of nitrogens with zero attached hydrogens (tertiary/aromatic N) is 1. The predicted octanol–water partition coefficient (Wildman–Crippen LogP) is 4.24. The summed E-state index contributed by atoms with van der Waals surface area (Å²) in [6, 6.07) is 15.2. The van der Waals surface area contributed by atoms with Crippen LogP contribution < -0.4 is 19.5 Å². The standard InChI is InChI=1S/C29H31FN2O7/c1-5-37-25-16-22(30)12-11-21(25)15-24(18(2)20-9-7-6-8-10-20)39-26(34)17-32-29(35)27-28(38-19(3)33)23(36-4)13-14-31-27/h6-14,16,18,24H,5,15,17H2,1-4H3,(H,32,35). The Kier molecular flexibility index (Phi) is 10.4. The number of hydrogen-bond donors (Lipinski definition) is 1. The number of methoxy groups -OCH3 is 1. The molecule has 2 atom stereocenters. The van der Waals surface area contributed by atoms with Gasteiger partial charge in [0.15, 0.2) is 11.4 Å². The Morgan fingerprint density at radius 1 is 1.05 bits per heavy atom. The fraction of sp³-hybridized carbons (Fsp3) is 0.310. The third-order valence-corrected chi connectivity index (χ3v) is 5.86. The molecule has 1 N–H and O–H groups in total. The van der Waals surface area contributed by atoms with Crippen molar-refractivity contribution >= 4 is 17.8 Å². The third-order valence-electron chi connectivity index (χ3n) is 5.86. The second-order valence-corrected chi connectivity index (χ2v) is 8.58. The minimum Gasteiger partial charge on any atom is -0.493 e. The SMILES string of the molecule is CCOc1cc(F)ccc1CC(OC(=O)CNC(=O)c1nccc(OC)c1OC(C)=O)C(C)c1ccccc1. The number of ether oxygens (including phenoxy) is 4. The van der Waals surface area contributed by atoms with Crippen LogP contribution in [0.3, 0.4) is 0 Å². The van der Waals surface area contributed by atoms with Crippen LogP contribution in [0.1, 0.15) is 48.3 Å². The normalized spacial score (nSPS) is 12.1. The zero-order valence-electron chi connectivity index (χ0n) is 22.2. The number of benzene rings is 2. The van der Waals surface area contributed by atoms with Crippen LogP contribution in [0.15, 0.2) is 60.8 Å². The van der Waals surface area contributed by atoms with Crippen molar-refractivity contribution in [3.05, 3.63) is 83.4 Å². The average Bonchev–Trinajstić information content (AvgIpc) is 2.92. The molecule has 39 heavy (non-hydrogen) atoms. The Bertz CT molecular complexity index is 1300. The molecule has 2 aromatic carbocycles. The first-order valence-corrected chi connectivity index (χ1v) is 12.4. The molecule has 1 amide bonds. The number of hydrogen-bond acceptors (Lipinski definition) is 8. The molecule has 10 heteroatoms. The van der Waals surface area contributed by atoms with Crippen molar-refractivity contribution in [2.45, 2.75) is 39.2 Å². The Morgan fingerprint density at radius 3 is 2.46 bits per heavy atom. The van der Waals surface area contributed by atoms with E-state index in [1.54, 1.807) is 13.0 Å². The summed E-state index contributed by atoms with van der Waals surface area (Å²) < 4.78 is 35.5. The van der Waals surface area contributed by atoms with E-state index in [4.69, 9.17) is 18.9 Å². The molecule has 1 aromatic heterocycles. The van der Waals surface area contributed by atoms with Crippen LogP contribution in [0.5, 0.6) is 17.2 Å². The first-order chi connectivity index (χ1) is 18.7. The maximum Gasteiger partial charge on any atom is 0.325 e. The van der Waals surface area contributed by atoms with Crippen molar-refractivity contribution in [2.24, 2.45) is 0 Å². The lowest BCUT2D eigenvalue weighted by molar-refractivity contribution is -0.148. The highest BCUT2D eigenvalue weighted by Crippen LogP contribution is 2.30. The van der Waals surface area contributed by atoms with Crippen molar-refractivity contribution in [2.75, 3.05) is 20.3 Å². The van der Waals surface area contributed by atoms with Gasteiger partial charge in [0, 0.05) is 37.6 Å². The Hall–Kier alpha value is -4.47. The van der Waals surface area contributed by atoms with Gasteiger partial charge in [-0.2, -0.15) is 0 Å². The molecule has 0 aliphatic heterocycles. The number of carbonyl (C=O) groups is 3. The van der Waals surface area contributed by atoms with Gasteiger partial charge in [0.05, 0.1) is 13.7 Å². The van der Waals surface area contributed by atoms with Crippen molar-refractivity contribution < 1.29 is 37.7 Å². The number of amides is 1. The van der Waals surface area contributed by atoms with Gasteiger partial charge >= 0.3 is 11.9 Å². The van der Waals surface area contributed by atoms with Crippen molar-refractivity contribution in [1.82, 2.24) is 10.3 Å². The van der Waals surface area contributed by atoms with Crippen molar-refractivity contribution in [3.63, 3.8) is 0 Å². The summed E-state index contributed by atoms with van der Waals surface area (Å²) in [5, 5.41) is 2.45. The van der Waals surface area contributed by atoms with E-state index in [1.807, 2.05) is 37.3 Å². The fourth-order valence-corrected chi connectivity index (χ4v) is 3.94. The number of esters is 2. The maximum absolute atomic E-state index is 13.9. The van der Waals surface area contributed by atoms with Crippen molar-refractivity contribution in [3.8, 4) is 17.2 Å². The first-order valence-electron chi connectivity index (χ1n) is 12.4. The fourth-order valence-electron chi connectivity index (χ4n) is 3.94. The van der Waals surface area contributed by atoms with Gasteiger partial charge in [-0.3, -0.25) is 14.4 Å². The highest BCUT2D eigenvalue weighted by atomic mass is 19.1. The van der Waals surface area contributed by atoms with Gasteiger partial charge in [0.1, 0.15) is 24.2 Å². The summed E-state index contributed by atoms with van der Waals surface area (Å²) in [6.45, 7) is 4.76. The molecule has 0 aliphatic rings. The lowest BCUT2D eigenvalue weighted by Crippen LogP contribution is -2.35. The van der Waals surface area contributed by atoms with E-state index in [1.165, 1.54) is 38.4 Å². The third kappa shape index (κ3) is 8.00. The maximum atomic E-state index is 13.9. The van der Waals surface area contributed by atoms with Gasteiger partial charge in [-0.25, -0.2) is 9.37 Å². The van der Waals surface area contributed by atoms with Crippen LogP contribution >= 0.6 is 0 Å². The predicted molar refractivity (Wildman–Crippen MR) is 140 cm³/mol. The molecular weight excluding hydrogens is 507 g/mol. The van der Waals surface area contributed by atoms with Crippen LogP contribution in [-0.2, 0) is 20.7 Å². The summed E-state index contributed by atoms with van der Waals surface area (Å²) in [4.78, 5) is 41.2. The molecule has 3 aromatic rings. The van der Waals surface area contributed by atoms with Gasteiger partial charge in [0.25, 0.3) is 5.91 Å². The second-order valence-electron chi connectivity index (χ2n) is 8.58. The number of carbonyl (C=O) groups excluding carboxylic acids is 3. The molecule has 3 rings (SSSR count). The molecule has 9 nitrogen and oxygen atoms in total. The van der Waals surface area contributed by atoms with Crippen LogP contribution in [-0.4, -0.2) is 49.2 Å². The quantitative estimate of drug-likeness (QED) is 0.341. The first kappa shape index (κ1) is 29.1. The molecule has 206 valence electrons. The molecular formula is C29H31FN2O7. The molecule has 0 aliphatic carbocycles. The molecule has 2 unspecified atom stereocenters. The summed E-state index contributed by atoms with van der Waals surface area (Å²) in [6.07, 6.45) is 0.905. The zero-order chi connectivity index (χ0) is 28.4. The van der Waals surface area contributed by atoms with Crippen LogP contribution in [0.25, 0.3) is 0 Å². The van der Waals surface area contributed by atoms with Gasteiger partial charge in [0.2, 0.25) is 5.75 Å². The van der Waals surface area contributed by atoms with E-state index >= 15 is 0 Å². The molecule has 0 bridgehead atoms. The molecule has 0 radical (unpaired) electrons. The van der Waals surface area contributed by atoms with Crippen molar-refractivity contribution in [1.29, 1.82) is 0 Å². The Morgan fingerprint density at radius 2 is 1.79 bits per heavy atom. The van der Waals surface area contributed by atoms with Gasteiger partial charge in [-0.05, 0) is 24.1 Å². The molecule has 0 saturated carbocycles. The highest BCUT2D eigenvalue weighted by molar-refractivity contribution is 5.98. The minimum atomic E-state index is -0.757. The summed E-state index contributed by atoms with van der Waals surface area (Å²) in [7, 11) is 1.35. The summed E-state index contributed by atoms with van der Waals surface area (Å²) >= 11 is 0. The number of aromatic nitrogens is 1. The molecule has 0 saturated heterocycles. The van der Waals surface area contributed by atoms with E-state index in [2.05, 4.69) is 10.3 Å². The summed E-state index contributed by atoms with van der Waals surface area (Å²) in [5.41, 5.74) is 1.39. The van der Waals surface area contributed by atoms with E-state index in [0.29, 0.717) is 17.9 Å². The molecule has 1 heterocycles. The lowest BCUT2D eigenvalue weighted by Gasteiger charge is -2.26. The molecule has 0 spiro atoms. The van der Waals surface area contributed by atoms with Crippen LogP contribution in [0.2, 0.25) is 0 Å². The highest BCUT2D eigenvalue weighted by Gasteiger charge is 2.26. The summed E-state index contributed by atoms with van der Waals surface area (Å²) in [5.74, 6) is -2.45. The monoisotopic (exact) mass is 538 g/mol. The largest absolute Gasteiger partial charge is 0.493 e. The van der Waals surface area contributed by atoms with E-state index in [-0.39, 0.29) is 29.5 Å². The topological polar surface area (TPSA) is 113 Å². The van der Waals surface area contributed by atoms with Crippen LogP contribution in [0, 0.1) is 5.82 Å². The van der Waals surface area contributed by atoms with Crippen LogP contribution in [0.4, 0.5) is 4.39 Å². The Balaban J connectivity index is 1.78. The lowest BCUT2D eigenvalue weighted by atomic mass is 9.90. The van der Waals surface area contributed by atoms with E-state index < -0.39 is 36.3 Å². The number of nitrogens with one attached hydrogen (secondary N) is 1. The van der Waals surface area contributed by atoms with E-state index in [0.717, 1.165) is 5.56 Å². The smallest absolute Gasteiger partial charge is 0.325 e. The van der Waals surface area contributed by atoms with Gasteiger partial charge in [-0.1, -0.05) is 43.3 Å². The second kappa shape index (κ2) is 13.9. The minimum absolute atomic E-state index is 0.133. The van der Waals surface area contributed by atoms with E-state index in [9.17, 15) is 18.8 Å². The van der Waals surface area contributed by atoms with Gasteiger partial charge < -0.3 is 24.3 Å². The number of pyridine rings is 1. The average molecular weight is 539 g/mol. The number of rotatable bonds is 12.